The number of aromatic hydroxyl groups is 1. The fourth-order valence-electron chi connectivity index (χ4n) is 1.36. The lowest BCUT2D eigenvalue weighted by Gasteiger charge is -2.14. The molecule has 0 atom stereocenters. The number of rotatable bonds is 5. The second-order valence-corrected chi connectivity index (χ2v) is 3.57. The average Bonchev–Trinajstić information content (AvgIpc) is 2.33. The van der Waals surface area contributed by atoms with Crippen LogP contribution in [-0.4, -0.2) is 29.0 Å². The van der Waals surface area contributed by atoms with Crippen LogP contribution in [0, 0.1) is 0 Å². The third-order valence-corrected chi connectivity index (χ3v) is 2.14. The average molecular weight is 297 g/mol. The summed E-state index contributed by atoms with van der Waals surface area (Å²) in [6.45, 7) is 0.287. The fraction of sp³-hybridized carbons (Fsp3) is 0.455. The van der Waals surface area contributed by atoms with Gasteiger partial charge in [-0.15, -0.1) is 13.2 Å². The molecule has 0 bridgehead atoms. The number of aromatic nitrogens is 1. The molecule has 0 fully saturated rings. The minimum atomic E-state index is -5.11. The molecule has 0 saturated heterocycles. The normalized spacial score (nSPS) is 11.2. The van der Waals surface area contributed by atoms with Gasteiger partial charge in [0.15, 0.2) is 11.5 Å². The first kappa shape index (κ1) is 16.0. The van der Waals surface area contributed by atoms with Crippen LogP contribution in [0.5, 0.6) is 11.5 Å². The summed E-state index contributed by atoms with van der Waals surface area (Å²) in [5.74, 6) is -2.93. The van der Waals surface area contributed by atoms with E-state index in [1.165, 1.54) is 6.92 Å². The number of ether oxygens (including phenoxy) is 2. The number of hydrogen-bond donors (Lipinski definition) is 1. The number of esters is 1. The van der Waals surface area contributed by atoms with Gasteiger partial charge in [-0.3, -0.25) is 9.78 Å². The molecular weight excluding hydrogens is 286 g/mol. The highest BCUT2D eigenvalue weighted by Crippen LogP contribution is 2.37. The molecule has 1 aromatic heterocycles. The lowest BCUT2D eigenvalue weighted by Crippen LogP contribution is -2.19. The van der Waals surface area contributed by atoms with Gasteiger partial charge >= 0.3 is 12.3 Å². The molecule has 0 amide bonds. The molecule has 20 heavy (non-hydrogen) atoms. The van der Waals surface area contributed by atoms with Gasteiger partial charge in [-0.1, -0.05) is 0 Å². The quantitative estimate of drug-likeness (QED) is 0.667. The van der Waals surface area contributed by atoms with Crippen molar-refractivity contribution >= 4 is 5.97 Å². The summed E-state index contributed by atoms with van der Waals surface area (Å²) in [5, 5.41) is 9.62. The Kier molecular flexibility index (Phi) is 5.12. The predicted molar refractivity (Wildman–Crippen MR) is 57.7 cm³/mol. The number of nitrogens with zero attached hydrogens (tertiary/aromatic N) is 1. The molecule has 0 unspecified atom stereocenters. The monoisotopic (exact) mass is 297 g/mol. The highest BCUT2D eigenvalue weighted by Gasteiger charge is 2.34. The first-order chi connectivity index (χ1) is 9.28. The van der Waals surface area contributed by atoms with Crippen molar-refractivity contribution < 1.29 is 36.9 Å². The van der Waals surface area contributed by atoms with E-state index in [2.05, 4.69) is 14.5 Å². The standard InChI is InChI=1S/C11H11F4NO4/c1-2-19-8(17)3-7-9(18)10(20-11(13,14)15)6(4-12)5-16-7/h5,18H,2-4H2,1H3. The summed E-state index contributed by atoms with van der Waals surface area (Å²) in [5.41, 5.74) is -0.965. The van der Waals surface area contributed by atoms with Gasteiger partial charge in [0.05, 0.1) is 18.7 Å². The summed E-state index contributed by atoms with van der Waals surface area (Å²) < 4.78 is 57.2. The molecule has 9 heteroatoms. The first-order valence-electron chi connectivity index (χ1n) is 5.45. The van der Waals surface area contributed by atoms with Gasteiger partial charge in [0.2, 0.25) is 0 Å². The van der Waals surface area contributed by atoms with Gasteiger partial charge in [-0.25, -0.2) is 4.39 Å². The van der Waals surface area contributed by atoms with E-state index in [1.807, 2.05) is 0 Å². The number of hydrogen-bond acceptors (Lipinski definition) is 5. The molecule has 1 N–H and O–H groups in total. The third-order valence-electron chi connectivity index (χ3n) is 2.14. The number of carbonyl (C=O) groups excluding carboxylic acids is 1. The van der Waals surface area contributed by atoms with Crippen LogP contribution in [0.4, 0.5) is 17.6 Å². The molecule has 0 spiro atoms. The van der Waals surface area contributed by atoms with Crippen molar-refractivity contribution in [3.05, 3.63) is 17.5 Å². The van der Waals surface area contributed by atoms with Crippen molar-refractivity contribution in [1.82, 2.24) is 4.98 Å². The van der Waals surface area contributed by atoms with Gasteiger partial charge < -0.3 is 14.6 Å². The molecule has 1 heterocycles. The van der Waals surface area contributed by atoms with Crippen molar-refractivity contribution in [2.75, 3.05) is 6.61 Å². The fourth-order valence-corrected chi connectivity index (χ4v) is 1.36. The lowest BCUT2D eigenvalue weighted by atomic mass is 10.2. The number of pyridine rings is 1. The predicted octanol–water partition coefficient (Wildman–Crippen LogP) is 2.26. The maximum Gasteiger partial charge on any atom is 0.573 e. The molecular formula is C11H11F4NO4. The van der Waals surface area contributed by atoms with E-state index < -0.39 is 42.5 Å². The summed E-state index contributed by atoms with van der Waals surface area (Å²) in [7, 11) is 0. The third kappa shape index (κ3) is 4.25. The summed E-state index contributed by atoms with van der Waals surface area (Å²) >= 11 is 0. The van der Waals surface area contributed by atoms with Crippen LogP contribution >= 0.6 is 0 Å². The van der Waals surface area contributed by atoms with Crippen molar-refractivity contribution in [2.45, 2.75) is 26.4 Å². The van der Waals surface area contributed by atoms with E-state index >= 15 is 0 Å². The summed E-state index contributed by atoms with van der Waals surface area (Å²) in [6.07, 6.45) is -4.90. The zero-order valence-electron chi connectivity index (χ0n) is 10.3. The Hall–Kier alpha value is -2.06. The van der Waals surface area contributed by atoms with Gasteiger partial charge in [-0.05, 0) is 6.92 Å². The van der Waals surface area contributed by atoms with Gasteiger partial charge in [-0.2, -0.15) is 0 Å². The molecule has 1 rings (SSSR count). The van der Waals surface area contributed by atoms with Crippen molar-refractivity contribution in [3.8, 4) is 11.5 Å². The Balaban J connectivity index is 3.11. The Morgan fingerprint density at radius 1 is 1.45 bits per heavy atom. The molecule has 0 aliphatic rings. The molecule has 1 aromatic rings. The van der Waals surface area contributed by atoms with Crippen molar-refractivity contribution in [2.24, 2.45) is 0 Å². The van der Waals surface area contributed by atoms with Crippen LogP contribution < -0.4 is 4.74 Å². The summed E-state index contributed by atoms with van der Waals surface area (Å²) in [6, 6.07) is 0. The Morgan fingerprint density at radius 3 is 2.60 bits per heavy atom. The van der Waals surface area contributed by atoms with Crippen LogP contribution in [0.2, 0.25) is 0 Å². The zero-order chi connectivity index (χ0) is 15.3. The molecule has 0 aliphatic carbocycles. The van der Waals surface area contributed by atoms with E-state index in [-0.39, 0.29) is 12.3 Å². The lowest BCUT2D eigenvalue weighted by molar-refractivity contribution is -0.275. The summed E-state index contributed by atoms with van der Waals surface area (Å²) in [4.78, 5) is 14.7. The maximum absolute atomic E-state index is 12.6. The first-order valence-corrected chi connectivity index (χ1v) is 5.45. The molecule has 0 radical (unpaired) electrons. The second-order valence-electron chi connectivity index (χ2n) is 3.57. The van der Waals surface area contributed by atoms with Crippen LogP contribution in [0.25, 0.3) is 0 Å². The largest absolute Gasteiger partial charge is 0.573 e. The van der Waals surface area contributed by atoms with E-state index in [0.29, 0.717) is 0 Å². The molecule has 0 saturated carbocycles. The van der Waals surface area contributed by atoms with Gasteiger partial charge in [0.1, 0.15) is 6.67 Å². The van der Waals surface area contributed by atoms with E-state index in [4.69, 9.17) is 0 Å². The smallest absolute Gasteiger partial charge is 0.503 e. The van der Waals surface area contributed by atoms with E-state index in [0.717, 1.165) is 6.20 Å². The van der Waals surface area contributed by atoms with Crippen LogP contribution in [0.15, 0.2) is 6.20 Å². The van der Waals surface area contributed by atoms with Gasteiger partial charge in [0.25, 0.3) is 0 Å². The van der Waals surface area contributed by atoms with E-state index in [1.54, 1.807) is 0 Å². The van der Waals surface area contributed by atoms with Gasteiger partial charge in [0, 0.05) is 11.8 Å². The van der Waals surface area contributed by atoms with Crippen LogP contribution in [-0.2, 0) is 22.6 Å². The van der Waals surface area contributed by atoms with Crippen LogP contribution in [0.3, 0.4) is 0 Å². The minimum absolute atomic E-state index is 0.0636. The van der Waals surface area contributed by atoms with Crippen molar-refractivity contribution in [3.63, 3.8) is 0 Å². The number of halogens is 4. The number of carbonyl (C=O) groups is 1. The highest BCUT2D eigenvalue weighted by atomic mass is 19.4. The molecule has 112 valence electrons. The molecule has 0 aromatic carbocycles. The van der Waals surface area contributed by atoms with E-state index in [9.17, 15) is 27.5 Å². The molecule has 0 aliphatic heterocycles. The highest BCUT2D eigenvalue weighted by molar-refractivity contribution is 5.73. The molecule has 5 nitrogen and oxygen atoms in total. The number of alkyl halides is 4. The van der Waals surface area contributed by atoms with Crippen molar-refractivity contribution in [1.29, 1.82) is 0 Å². The topological polar surface area (TPSA) is 68.7 Å². The van der Waals surface area contributed by atoms with Crippen LogP contribution in [0.1, 0.15) is 18.2 Å². The Labute approximate surface area is 111 Å². The SMILES string of the molecule is CCOC(=O)Cc1ncc(CF)c(OC(F)(F)F)c1O. The minimum Gasteiger partial charge on any atom is -0.503 e. The maximum atomic E-state index is 12.6. The Morgan fingerprint density at radius 2 is 2.10 bits per heavy atom. The second kappa shape index (κ2) is 6.40. The Bertz CT molecular complexity index is 490. The zero-order valence-corrected chi connectivity index (χ0v) is 10.3.